The Morgan fingerprint density at radius 3 is 2.41 bits per heavy atom. The number of hydrogen-bond acceptors (Lipinski definition) is 2. The number of hydrogen-bond donors (Lipinski definition) is 0. The van der Waals surface area contributed by atoms with E-state index in [1.165, 1.54) is 0 Å². The van der Waals surface area contributed by atoms with Crippen molar-refractivity contribution in [2.24, 2.45) is 0 Å². The van der Waals surface area contributed by atoms with Crippen LogP contribution in [0, 0.1) is 0 Å². The van der Waals surface area contributed by atoms with Crippen LogP contribution in [-0.2, 0) is 0 Å². The molecule has 0 bridgehead atoms. The van der Waals surface area contributed by atoms with E-state index in [1.807, 2.05) is 72.8 Å². The molecule has 0 fully saturated rings. The first-order valence-electron chi connectivity index (χ1n) is 7.13. The van der Waals surface area contributed by atoms with Gasteiger partial charge in [-0.05, 0) is 28.5 Å². The first-order valence-corrected chi connectivity index (χ1v) is 7.13. The summed E-state index contributed by atoms with van der Waals surface area (Å²) >= 11 is 0. The van der Waals surface area contributed by atoms with Crippen LogP contribution in [0.5, 0.6) is 5.75 Å². The first-order chi connectivity index (χ1) is 10.8. The molecule has 0 aliphatic heterocycles. The maximum Gasteiger partial charge on any atom is 0.190 e. The van der Waals surface area contributed by atoms with Gasteiger partial charge in [-0.2, -0.15) is 0 Å². The second kappa shape index (κ2) is 6.27. The Kier molecular flexibility index (Phi) is 4.01. The van der Waals surface area contributed by atoms with Crippen molar-refractivity contribution in [1.29, 1.82) is 0 Å². The van der Waals surface area contributed by atoms with E-state index in [0.717, 1.165) is 16.3 Å². The molecule has 0 saturated heterocycles. The van der Waals surface area contributed by atoms with Gasteiger partial charge in [0.15, 0.2) is 5.78 Å². The highest BCUT2D eigenvalue weighted by atomic mass is 16.5. The first kappa shape index (κ1) is 14.1. The van der Waals surface area contributed by atoms with Crippen molar-refractivity contribution in [3.05, 3.63) is 83.9 Å². The Labute approximate surface area is 129 Å². The van der Waals surface area contributed by atoms with E-state index in [-0.39, 0.29) is 5.78 Å². The van der Waals surface area contributed by atoms with E-state index in [1.54, 1.807) is 13.2 Å². The molecule has 3 aromatic rings. The normalized spacial score (nSPS) is 11.0. The van der Waals surface area contributed by atoms with Gasteiger partial charge in [0.1, 0.15) is 5.75 Å². The smallest absolute Gasteiger partial charge is 0.190 e. The van der Waals surface area contributed by atoms with Crippen LogP contribution >= 0.6 is 0 Å². The Morgan fingerprint density at radius 1 is 0.909 bits per heavy atom. The number of carbonyl (C=O) groups is 1. The number of benzene rings is 3. The van der Waals surface area contributed by atoms with Crippen LogP contribution in [0.4, 0.5) is 0 Å². The van der Waals surface area contributed by atoms with Crippen LogP contribution < -0.4 is 4.74 Å². The van der Waals surface area contributed by atoms with E-state index in [0.29, 0.717) is 11.3 Å². The number of fused-ring (bicyclic) bond motifs is 1. The lowest BCUT2D eigenvalue weighted by atomic mass is 9.99. The van der Waals surface area contributed by atoms with E-state index < -0.39 is 0 Å². The van der Waals surface area contributed by atoms with Crippen molar-refractivity contribution in [3.8, 4) is 5.75 Å². The average Bonchev–Trinajstić information content (AvgIpc) is 2.59. The highest BCUT2D eigenvalue weighted by Crippen LogP contribution is 2.28. The molecule has 0 amide bonds. The SMILES string of the molecule is COc1ccc2ccccc2c1C(=O)/C=C/c1ccccc1. The van der Waals surface area contributed by atoms with Crippen LogP contribution in [0.15, 0.2) is 72.8 Å². The summed E-state index contributed by atoms with van der Waals surface area (Å²) in [4.78, 5) is 12.6. The molecule has 0 aromatic heterocycles. The maximum absolute atomic E-state index is 12.6. The second-order valence-electron chi connectivity index (χ2n) is 4.97. The number of rotatable bonds is 4. The summed E-state index contributed by atoms with van der Waals surface area (Å²) in [6.07, 6.45) is 3.42. The highest BCUT2D eigenvalue weighted by molar-refractivity contribution is 6.16. The van der Waals surface area contributed by atoms with Gasteiger partial charge in [-0.25, -0.2) is 0 Å². The van der Waals surface area contributed by atoms with Crippen LogP contribution in [-0.4, -0.2) is 12.9 Å². The zero-order valence-electron chi connectivity index (χ0n) is 12.3. The molecule has 0 spiro atoms. The van der Waals surface area contributed by atoms with Gasteiger partial charge < -0.3 is 4.74 Å². The Morgan fingerprint density at radius 2 is 1.64 bits per heavy atom. The number of methoxy groups -OCH3 is 1. The van der Waals surface area contributed by atoms with E-state index in [9.17, 15) is 4.79 Å². The molecule has 0 N–H and O–H groups in total. The largest absolute Gasteiger partial charge is 0.496 e. The minimum Gasteiger partial charge on any atom is -0.496 e. The molecule has 2 nitrogen and oxygen atoms in total. The summed E-state index contributed by atoms with van der Waals surface area (Å²) in [5.41, 5.74) is 1.60. The lowest BCUT2D eigenvalue weighted by molar-refractivity contribution is 0.104. The quantitative estimate of drug-likeness (QED) is 0.512. The topological polar surface area (TPSA) is 26.3 Å². The molecule has 22 heavy (non-hydrogen) atoms. The fourth-order valence-corrected chi connectivity index (χ4v) is 2.50. The maximum atomic E-state index is 12.6. The summed E-state index contributed by atoms with van der Waals surface area (Å²) in [6.45, 7) is 0. The molecular weight excluding hydrogens is 272 g/mol. The third-order valence-corrected chi connectivity index (χ3v) is 3.58. The Hall–Kier alpha value is -2.87. The van der Waals surface area contributed by atoms with Crippen LogP contribution in [0.25, 0.3) is 16.8 Å². The molecule has 0 atom stereocenters. The van der Waals surface area contributed by atoms with Gasteiger partial charge in [0, 0.05) is 0 Å². The van der Waals surface area contributed by atoms with Crippen molar-refractivity contribution < 1.29 is 9.53 Å². The number of carbonyl (C=O) groups excluding carboxylic acids is 1. The molecule has 0 radical (unpaired) electrons. The molecule has 3 rings (SSSR count). The molecule has 2 heteroatoms. The second-order valence-corrected chi connectivity index (χ2v) is 4.97. The molecule has 0 aliphatic rings. The average molecular weight is 288 g/mol. The Bertz CT molecular complexity index is 833. The van der Waals surface area contributed by atoms with Gasteiger partial charge in [-0.3, -0.25) is 4.79 Å². The van der Waals surface area contributed by atoms with Gasteiger partial charge in [-0.15, -0.1) is 0 Å². The van der Waals surface area contributed by atoms with E-state index in [4.69, 9.17) is 4.74 Å². The van der Waals surface area contributed by atoms with E-state index in [2.05, 4.69) is 0 Å². The van der Waals surface area contributed by atoms with Crippen LogP contribution in [0.2, 0.25) is 0 Å². The summed E-state index contributed by atoms with van der Waals surface area (Å²) in [6, 6.07) is 21.4. The van der Waals surface area contributed by atoms with Crippen LogP contribution in [0.1, 0.15) is 15.9 Å². The minimum atomic E-state index is -0.0579. The summed E-state index contributed by atoms with van der Waals surface area (Å²) in [5.74, 6) is 0.541. The summed E-state index contributed by atoms with van der Waals surface area (Å²) < 4.78 is 5.37. The summed E-state index contributed by atoms with van der Waals surface area (Å²) in [7, 11) is 1.59. The lowest BCUT2D eigenvalue weighted by Gasteiger charge is -2.09. The number of allylic oxidation sites excluding steroid dienone is 1. The fraction of sp³-hybridized carbons (Fsp3) is 0.0500. The lowest BCUT2D eigenvalue weighted by Crippen LogP contribution is -2.00. The molecule has 108 valence electrons. The molecule has 0 unspecified atom stereocenters. The molecule has 0 saturated carbocycles. The van der Waals surface area contributed by atoms with Crippen molar-refractivity contribution in [2.45, 2.75) is 0 Å². The number of ketones is 1. The highest BCUT2D eigenvalue weighted by Gasteiger charge is 2.13. The van der Waals surface area contributed by atoms with Crippen molar-refractivity contribution >= 4 is 22.6 Å². The monoisotopic (exact) mass is 288 g/mol. The van der Waals surface area contributed by atoms with Crippen molar-refractivity contribution in [2.75, 3.05) is 7.11 Å². The van der Waals surface area contributed by atoms with Gasteiger partial charge in [0.25, 0.3) is 0 Å². The molecular formula is C20H16O2. The zero-order valence-corrected chi connectivity index (χ0v) is 12.3. The van der Waals surface area contributed by atoms with Gasteiger partial charge in [-0.1, -0.05) is 66.7 Å². The zero-order chi connectivity index (χ0) is 15.4. The summed E-state index contributed by atoms with van der Waals surface area (Å²) in [5, 5.41) is 1.93. The third kappa shape index (κ3) is 2.77. The van der Waals surface area contributed by atoms with Gasteiger partial charge >= 0.3 is 0 Å². The standard InChI is InChI=1S/C20H16O2/c1-22-19-14-12-16-9-5-6-10-17(16)20(19)18(21)13-11-15-7-3-2-4-8-15/h2-14H,1H3/b13-11+. The van der Waals surface area contributed by atoms with Crippen molar-refractivity contribution in [3.63, 3.8) is 0 Å². The molecule has 0 aliphatic carbocycles. The van der Waals surface area contributed by atoms with Crippen molar-refractivity contribution in [1.82, 2.24) is 0 Å². The number of ether oxygens (including phenoxy) is 1. The van der Waals surface area contributed by atoms with E-state index >= 15 is 0 Å². The van der Waals surface area contributed by atoms with Crippen LogP contribution in [0.3, 0.4) is 0 Å². The molecule has 3 aromatic carbocycles. The predicted molar refractivity (Wildman–Crippen MR) is 90.3 cm³/mol. The predicted octanol–water partition coefficient (Wildman–Crippen LogP) is 4.74. The van der Waals surface area contributed by atoms with Gasteiger partial charge in [0.2, 0.25) is 0 Å². The fourth-order valence-electron chi connectivity index (χ4n) is 2.50. The molecule has 0 heterocycles. The third-order valence-electron chi connectivity index (χ3n) is 3.58. The minimum absolute atomic E-state index is 0.0579. The van der Waals surface area contributed by atoms with Gasteiger partial charge in [0.05, 0.1) is 12.7 Å². The Balaban J connectivity index is 2.05.